The van der Waals surface area contributed by atoms with Crippen LogP contribution in [0.2, 0.25) is 0 Å². The van der Waals surface area contributed by atoms with Crippen LogP contribution in [-0.4, -0.2) is 45.4 Å². The Morgan fingerprint density at radius 2 is 1.93 bits per heavy atom. The maximum atomic E-state index is 13.4. The van der Waals surface area contributed by atoms with E-state index in [1.807, 2.05) is 0 Å². The summed E-state index contributed by atoms with van der Waals surface area (Å²) >= 11 is 0. The average Bonchev–Trinajstić information content (AvgIpc) is 2.66. The molecule has 9 heteroatoms. The van der Waals surface area contributed by atoms with E-state index in [1.165, 1.54) is 20.3 Å². The van der Waals surface area contributed by atoms with Crippen LogP contribution < -0.4 is 15.8 Å². The largest absolute Gasteiger partial charge is 0.496 e. The first-order valence-electron chi connectivity index (χ1n) is 9.29. The molecule has 0 fully saturated rings. The quantitative estimate of drug-likeness (QED) is 0.624. The number of nitrogens with one attached hydrogen (secondary N) is 1. The molecule has 0 saturated heterocycles. The minimum absolute atomic E-state index is 0.0250. The summed E-state index contributed by atoms with van der Waals surface area (Å²) in [6.07, 6.45) is -2.21. The van der Waals surface area contributed by atoms with Crippen LogP contribution in [0.15, 0.2) is 41.5 Å². The van der Waals surface area contributed by atoms with Gasteiger partial charge in [0.05, 0.1) is 32.8 Å². The molecular weight excluding hydrogens is 401 g/mol. The number of carbonyl (C=O) groups excluding carboxylic acids is 2. The maximum Gasteiger partial charge on any atom is 0.416 e. The maximum absolute atomic E-state index is 13.4. The monoisotopic (exact) mass is 426 g/mol. The van der Waals surface area contributed by atoms with Crippen LogP contribution in [0.1, 0.15) is 24.0 Å². The molecule has 3 N–H and O–H groups in total. The number of benzene rings is 1. The molecule has 1 aromatic rings. The van der Waals surface area contributed by atoms with Gasteiger partial charge in [-0.2, -0.15) is 13.2 Å². The van der Waals surface area contributed by atoms with Gasteiger partial charge in [-0.05, 0) is 29.2 Å². The van der Waals surface area contributed by atoms with Gasteiger partial charge in [-0.1, -0.05) is 25.1 Å². The number of alkyl halides is 3. The van der Waals surface area contributed by atoms with Gasteiger partial charge in [-0.3, -0.25) is 9.59 Å². The Labute approximate surface area is 172 Å². The van der Waals surface area contributed by atoms with Gasteiger partial charge in [-0.25, -0.2) is 0 Å². The number of halogens is 3. The van der Waals surface area contributed by atoms with E-state index in [1.54, 1.807) is 25.1 Å². The molecule has 1 amide bonds. The molecule has 1 aliphatic carbocycles. The molecule has 0 spiro atoms. The van der Waals surface area contributed by atoms with E-state index in [0.717, 1.165) is 6.08 Å². The highest BCUT2D eigenvalue weighted by Crippen LogP contribution is 2.44. The molecule has 2 unspecified atom stereocenters. The standard InChI is InChI=1S/C21H25F3N2O4/c1-12-6-15(21(22,23)24)9-14(10-26-11-18(25)27)20(12)16-7-13(8-19(28)30-3)4-5-17(16)29-2/h4-7,9,12,20,26H,8,10-11H2,1-3H3,(H2,25,27). The van der Waals surface area contributed by atoms with Crippen LogP contribution in [0.25, 0.3) is 0 Å². The van der Waals surface area contributed by atoms with Crippen molar-refractivity contribution in [2.24, 2.45) is 11.7 Å². The summed E-state index contributed by atoms with van der Waals surface area (Å²) in [5.74, 6) is -1.52. The van der Waals surface area contributed by atoms with Crippen molar-refractivity contribution in [3.8, 4) is 5.75 Å². The van der Waals surface area contributed by atoms with E-state index in [9.17, 15) is 22.8 Å². The van der Waals surface area contributed by atoms with E-state index in [4.69, 9.17) is 15.2 Å². The number of ether oxygens (including phenoxy) is 2. The molecule has 2 rings (SSSR count). The second kappa shape index (κ2) is 9.80. The van der Waals surface area contributed by atoms with Crippen molar-refractivity contribution in [3.05, 3.63) is 52.6 Å². The summed E-state index contributed by atoms with van der Waals surface area (Å²) in [5.41, 5.74) is 6.12. The molecule has 0 aromatic heterocycles. The van der Waals surface area contributed by atoms with Gasteiger partial charge in [0.25, 0.3) is 0 Å². The zero-order valence-corrected chi connectivity index (χ0v) is 17.0. The molecule has 1 aliphatic rings. The van der Waals surface area contributed by atoms with E-state index in [-0.39, 0.29) is 19.5 Å². The van der Waals surface area contributed by atoms with Crippen molar-refractivity contribution in [1.82, 2.24) is 5.32 Å². The summed E-state index contributed by atoms with van der Waals surface area (Å²) in [4.78, 5) is 22.7. The fourth-order valence-corrected chi connectivity index (χ4v) is 3.58. The Hall–Kier alpha value is -2.81. The van der Waals surface area contributed by atoms with Crippen LogP contribution in [0.3, 0.4) is 0 Å². The van der Waals surface area contributed by atoms with E-state index >= 15 is 0 Å². The summed E-state index contributed by atoms with van der Waals surface area (Å²) < 4.78 is 50.3. The van der Waals surface area contributed by atoms with Crippen LogP contribution in [0.4, 0.5) is 13.2 Å². The molecule has 164 valence electrons. The number of hydrogen-bond donors (Lipinski definition) is 2. The predicted molar refractivity (Wildman–Crippen MR) is 105 cm³/mol. The lowest BCUT2D eigenvalue weighted by atomic mass is 9.75. The van der Waals surface area contributed by atoms with Gasteiger partial charge >= 0.3 is 12.1 Å². The van der Waals surface area contributed by atoms with Gasteiger partial charge in [0, 0.05) is 18.0 Å². The Morgan fingerprint density at radius 1 is 1.23 bits per heavy atom. The zero-order valence-electron chi connectivity index (χ0n) is 17.0. The van der Waals surface area contributed by atoms with Crippen molar-refractivity contribution in [1.29, 1.82) is 0 Å². The first-order chi connectivity index (χ1) is 14.1. The third-order valence-electron chi connectivity index (χ3n) is 4.87. The zero-order chi connectivity index (χ0) is 22.5. The number of esters is 1. The van der Waals surface area contributed by atoms with E-state index in [2.05, 4.69) is 5.32 Å². The van der Waals surface area contributed by atoms with Crippen LogP contribution >= 0.6 is 0 Å². The molecule has 0 aliphatic heterocycles. The number of carbonyl (C=O) groups is 2. The molecular formula is C21H25F3N2O4. The van der Waals surface area contributed by atoms with Crippen LogP contribution in [-0.2, 0) is 20.7 Å². The SMILES string of the molecule is COC(=O)Cc1ccc(OC)c(C2C(CNCC(N)=O)=CC(C(F)(F)F)=CC2C)c1. The van der Waals surface area contributed by atoms with Crippen LogP contribution in [0, 0.1) is 5.92 Å². The molecule has 2 atom stereocenters. The summed E-state index contributed by atoms with van der Waals surface area (Å²) in [6.45, 7) is 1.56. The minimum Gasteiger partial charge on any atom is -0.496 e. The van der Waals surface area contributed by atoms with Gasteiger partial charge < -0.3 is 20.5 Å². The summed E-state index contributed by atoms with van der Waals surface area (Å²) in [5, 5.41) is 2.79. The van der Waals surface area contributed by atoms with Crippen molar-refractivity contribution in [3.63, 3.8) is 0 Å². The smallest absolute Gasteiger partial charge is 0.416 e. The second-order valence-electron chi connectivity index (χ2n) is 7.07. The van der Waals surface area contributed by atoms with E-state index < -0.39 is 35.5 Å². The summed E-state index contributed by atoms with van der Waals surface area (Å²) in [7, 11) is 2.75. The van der Waals surface area contributed by atoms with Crippen LogP contribution in [0.5, 0.6) is 5.75 Å². The minimum atomic E-state index is -4.50. The van der Waals surface area contributed by atoms with Crippen molar-refractivity contribution in [2.45, 2.75) is 25.4 Å². The molecule has 1 aromatic carbocycles. The van der Waals surface area contributed by atoms with Crippen molar-refractivity contribution in [2.75, 3.05) is 27.3 Å². The highest BCUT2D eigenvalue weighted by Gasteiger charge is 2.38. The summed E-state index contributed by atoms with van der Waals surface area (Å²) in [6, 6.07) is 5.13. The third kappa shape index (κ3) is 5.85. The lowest BCUT2D eigenvalue weighted by molar-refractivity contribution is -0.139. The van der Waals surface area contributed by atoms with E-state index in [0.29, 0.717) is 22.4 Å². The Morgan fingerprint density at radius 3 is 2.50 bits per heavy atom. The molecule has 0 bridgehead atoms. The first-order valence-corrected chi connectivity index (χ1v) is 9.29. The molecule has 6 nitrogen and oxygen atoms in total. The highest BCUT2D eigenvalue weighted by atomic mass is 19.4. The second-order valence-corrected chi connectivity index (χ2v) is 7.07. The van der Waals surface area contributed by atoms with Gasteiger partial charge in [0.1, 0.15) is 5.75 Å². The average molecular weight is 426 g/mol. The number of allylic oxidation sites excluding steroid dienone is 3. The van der Waals surface area contributed by atoms with Gasteiger partial charge in [0.15, 0.2) is 0 Å². The predicted octanol–water partition coefficient (Wildman–Crippen LogP) is 2.63. The molecule has 0 heterocycles. The number of hydrogen-bond acceptors (Lipinski definition) is 5. The van der Waals surface area contributed by atoms with Crippen molar-refractivity contribution >= 4 is 11.9 Å². The fourth-order valence-electron chi connectivity index (χ4n) is 3.58. The number of primary amides is 1. The number of nitrogens with two attached hydrogens (primary N) is 1. The molecule has 30 heavy (non-hydrogen) atoms. The number of amides is 1. The van der Waals surface area contributed by atoms with Gasteiger partial charge in [0.2, 0.25) is 5.91 Å². The highest BCUT2D eigenvalue weighted by molar-refractivity contribution is 5.76. The molecule has 0 saturated carbocycles. The Bertz CT molecular complexity index is 862. The normalized spacial score (nSPS) is 19.0. The topological polar surface area (TPSA) is 90.7 Å². The Balaban J connectivity index is 2.49. The third-order valence-corrected chi connectivity index (χ3v) is 4.87. The van der Waals surface area contributed by atoms with Gasteiger partial charge in [-0.15, -0.1) is 0 Å². The Kier molecular flexibility index (Phi) is 7.66. The lowest BCUT2D eigenvalue weighted by Gasteiger charge is -2.32. The van der Waals surface area contributed by atoms with Crippen molar-refractivity contribution < 1.29 is 32.2 Å². The molecule has 0 radical (unpaired) electrons. The first kappa shape index (κ1) is 23.5. The number of rotatable bonds is 8. The fraction of sp³-hybridized carbons (Fsp3) is 0.429. The number of methoxy groups -OCH3 is 2. The lowest BCUT2D eigenvalue weighted by Crippen LogP contribution is -2.33.